The summed E-state index contributed by atoms with van der Waals surface area (Å²) in [5.74, 6) is 1.75. The number of hydrogen-bond acceptors (Lipinski definition) is 5. The van der Waals surface area contributed by atoms with Gasteiger partial charge in [0.25, 0.3) is 0 Å². The van der Waals surface area contributed by atoms with Crippen molar-refractivity contribution in [2.75, 3.05) is 27.3 Å². The Bertz CT molecular complexity index is 1120. The number of hydrogen-bond donors (Lipinski definition) is 1. The number of likely N-dealkylation sites (tertiary alicyclic amines) is 1. The van der Waals surface area contributed by atoms with Crippen LogP contribution in [0.25, 0.3) is 16.9 Å². The van der Waals surface area contributed by atoms with E-state index in [2.05, 4.69) is 6.07 Å². The molecule has 0 spiro atoms. The van der Waals surface area contributed by atoms with E-state index in [1.807, 2.05) is 53.2 Å². The molecule has 8 nitrogen and oxygen atoms in total. The van der Waals surface area contributed by atoms with E-state index in [9.17, 15) is 10.0 Å². The molecular weight excluding hydrogens is 432 g/mol. The van der Waals surface area contributed by atoms with Gasteiger partial charge in [0, 0.05) is 24.6 Å². The summed E-state index contributed by atoms with van der Waals surface area (Å²) in [5, 5.41) is 15.8. The van der Waals surface area contributed by atoms with Gasteiger partial charge in [-0.05, 0) is 69.2 Å². The molecule has 0 unspecified atom stereocenters. The number of para-hydroxylation sites is 2. The Morgan fingerprint density at radius 1 is 1.06 bits per heavy atom. The molecule has 0 aliphatic carbocycles. The fraction of sp³-hybridized carbons (Fsp3) is 0.385. The van der Waals surface area contributed by atoms with Crippen molar-refractivity contribution >= 4 is 6.03 Å². The summed E-state index contributed by atoms with van der Waals surface area (Å²) in [6.45, 7) is 4.73. The maximum Gasteiger partial charge on any atom is 0.343 e. The molecule has 1 fully saturated rings. The van der Waals surface area contributed by atoms with Crippen LogP contribution in [0.5, 0.6) is 11.5 Å². The van der Waals surface area contributed by atoms with E-state index in [0.717, 1.165) is 52.0 Å². The van der Waals surface area contributed by atoms with Crippen molar-refractivity contribution in [3.63, 3.8) is 0 Å². The Balaban J connectivity index is 1.64. The van der Waals surface area contributed by atoms with Crippen LogP contribution in [0.3, 0.4) is 0 Å². The number of ether oxygens (including phenoxy) is 2. The zero-order valence-corrected chi connectivity index (χ0v) is 20.1. The van der Waals surface area contributed by atoms with Crippen molar-refractivity contribution in [3.05, 3.63) is 60.3 Å². The third kappa shape index (κ3) is 4.72. The zero-order valence-electron chi connectivity index (χ0n) is 20.1. The summed E-state index contributed by atoms with van der Waals surface area (Å²) in [6, 6.07) is 17.3. The molecule has 8 heteroatoms. The van der Waals surface area contributed by atoms with E-state index in [0.29, 0.717) is 13.1 Å². The quantitative estimate of drug-likeness (QED) is 0.412. The lowest BCUT2D eigenvalue weighted by Crippen LogP contribution is -2.47. The van der Waals surface area contributed by atoms with Crippen LogP contribution in [-0.4, -0.2) is 64.3 Å². The van der Waals surface area contributed by atoms with Crippen molar-refractivity contribution in [2.45, 2.75) is 38.6 Å². The number of hydroxylamine groups is 2. The molecule has 0 atom stereocenters. The summed E-state index contributed by atoms with van der Waals surface area (Å²) in [4.78, 5) is 14.2. The normalized spacial score (nSPS) is 14.4. The maximum atomic E-state index is 12.5. The molecule has 1 aromatic heterocycles. The lowest BCUT2D eigenvalue weighted by Gasteiger charge is -2.34. The summed E-state index contributed by atoms with van der Waals surface area (Å²) in [6.07, 6.45) is 1.56. The van der Waals surface area contributed by atoms with Crippen molar-refractivity contribution in [1.29, 1.82) is 0 Å². The van der Waals surface area contributed by atoms with Gasteiger partial charge in [0.15, 0.2) is 0 Å². The molecule has 0 radical (unpaired) electrons. The second kappa shape index (κ2) is 10.2. The number of carbonyl (C=O) groups is 1. The van der Waals surface area contributed by atoms with Crippen LogP contribution >= 0.6 is 0 Å². The van der Waals surface area contributed by atoms with E-state index >= 15 is 0 Å². The van der Waals surface area contributed by atoms with Gasteiger partial charge < -0.3 is 14.4 Å². The first-order valence-corrected chi connectivity index (χ1v) is 11.6. The molecule has 0 bridgehead atoms. The standard InChI is InChI=1S/C26H32N4O4/c1-18(2)30(32)26(31)28-15-13-19(14-16-28)22-17-24(20-9-11-21(33-3)12-10-20)29(27-22)23-7-5-6-8-25(23)34-4/h5-12,17-19,32H,13-16H2,1-4H3. The predicted octanol–water partition coefficient (Wildman–Crippen LogP) is 4.96. The van der Waals surface area contributed by atoms with Gasteiger partial charge in [0.1, 0.15) is 17.2 Å². The van der Waals surface area contributed by atoms with Gasteiger partial charge in [-0.25, -0.2) is 14.5 Å². The molecule has 2 aromatic carbocycles. The molecule has 34 heavy (non-hydrogen) atoms. The zero-order chi connectivity index (χ0) is 24.2. The van der Waals surface area contributed by atoms with Gasteiger partial charge in [-0.1, -0.05) is 12.1 Å². The second-order valence-electron chi connectivity index (χ2n) is 8.75. The molecule has 2 amide bonds. The Kier molecular flexibility index (Phi) is 7.07. The van der Waals surface area contributed by atoms with Crippen LogP contribution in [0.15, 0.2) is 54.6 Å². The Labute approximate surface area is 200 Å². The minimum absolute atomic E-state index is 0.211. The smallest absolute Gasteiger partial charge is 0.343 e. The predicted molar refractivity (Wildman–Crippen MR) is 130 cm³/mol. The van der Waals surface area contributed by atoms with Crippen molar-refractivity contribution in [1.82, 2.24) is 19.7 Å². The fourth-order valence-corrected chi connectivity index (χ4v) is 4.29. The van der Waals surface area contributed by atoms with Gasteiger partial charge in [-0.2, -0.15) is 5.10 Å². The van der Waals surface area contributed by atoms with Gasteiger partial charge in [0.05, 0.1) is 31.6 Å². The number of amides is 2. The fourth-order valence-electron chi connectivity index (χ4n) is 4.29. The molecule has 1 aliphatic rings. The molecule has 4 rings (SSSR count). The average molecular weight is 465 g/mol. The minimum Gasteiger partial charge on any atom is -0.497 e. The Morgan fingerprint density at radius 2 is 1.74 bits per heavy atom. The van der Waals surface area contributed by atoms with Crippen molar-refractivity contribution < 1.29 is 19.5 Å². The van der Waals surface area contributed by atoms with E-state index in [1.54, 1.807) is 33.0 Å². The highest BCUT2D eigenvalue weighted by Gasteiger charge is 2.29. The first-order chi connectivity index (χ1) is 16.4. The van der Waals surface area contributed by atoms with Crippen LogP contribution in [0.1, 0.15) is 38.3 Å². The van der Waals surface area contributed by atoms with Crippen LogP contribution in [0.4, 0.5) is 4.79 Å². The van der Waals surface area contributed by atoms with E-state index in [1.165, 1.54) is 0 Å². The molecule has 2 heterocycles. The summed E-state index contributed by atoms with van der Waals surface area (Å²) in [5.41, 5.74) is 3.82. The maximum absolute atomic E-state index is 12.5. The largest absolute Gasteiger partial charge is 0.497 e. The summed E-state index contributed by atoms with van der Waals surface area (Å²) >= 11 is 0. The molecule has 180 valence electrons. The number of rotatable bonds is 6. The lowest BCUT2D eigenvalue weighted by atomic mass is 9.93. The SMILES string of the molecule is COc1ccc(-c2cc(C3CCN(C(=O)N(O)C(C)C)CC3)nn2-c2ccccc2OC)cc1. The van der Waals surface area contributed by atoms with Crippen LogP contribution in [0.2, 0.25) is 0 Å². The number of benzene rings is 2. The van der Waals surface area contributed by atoms with Gasteiger partial charge in [-0.3, -0.25) is 5.21 Å². The second-order valence-corrected chi connectivity index (χ2v) is 8.75. The summed E-state index contributed by atoms with van der Waals surface area (Å²) < 4.78 is 12.9. The topological polar surface area (TPSA) is 80.1 Å². The molecular formula is C26H32N4O4. The average Bonchev–Trinajstić information content (AvgIpc) is 3.33. The minimum atomic E-state index is -0.341. The summed E-state index contributed by atoms with van der Waals surface area (Å²) in [7, 11) is 3.31. The van der Waals surface area contributed by atoms with Crippen LogP contribution < -0.4 is 9.47 Å². The molecule has 3 aromatic rings. The van der Waals surface area contributed by atoms with E-state index < -0.39 is 0 Å². The van der Waals surface area contributed by atoms with Crippen molar-refractivity contribution in [3.8, 4) is 28.4 Å². The lowest BCUT2D eigenvalue weighted by molar-refractivity contribution is -0.0814. The molecule has 1 saturated heterocycles. The number of urea groups is 1. The number of aromatic nitrogens is 2. The monoisotopic (exact) mass is 464 g/mol. The highest BCUT2D eigenvalue weighted by Crippen LogP contribution is 2.35. The van der Waals surface area contributed by atoms with Crippen LogP contribution in [-0.2, 0) is 0 Å². The molecule has 1 aliphatic heterocycles. The van der Waals surface area contributed by atoms with Gasteiger partial charge in [-0.15, -0.1) is 0 Å². The first-order valence-electron chi connectivity index (χ1n) is 11.6. The third-order valence-corrected chi connectivity index (χ3v) is 6.30. The Morgan fingerprint density at radius 3 is 2.35 bits per heavy atom. The highest BCUT2D eigenvalue weighted by molar-refractivity contribution is 5.73. The number of methoxy groups -OCH3 is 2. The number of carbonyl (C=O) groups excluding carboxylic acids is 1. The van der Waals surface area contributed by atoms with Gasteiger partial charge in [0.2, 0.25) is 0 Å². The number of nitrogens with zero attached hydrogens (tertiary/aromatic N) is 4. The number of piperidine rings is 1. The van der Waals surface area contributed by atoms with E-state index in [4.69, 9.17) is 14.6 Å². The molecule has 1 N–H and O–H groups in total. The Hall–Kier alpha value is -3.52. The van der Waals surface area contributed by atoms with Crippen LogP contribution in [0, 0.1) is 0 Å². The van der Waals surface area contributed by atoms with E-state index in [-0.39, 0.29) is 18.0 Å². The first kappa shape index (κ1) is 23.6. The molecule has 0 saturated carbocycles. The highest BCUT2D eigenvalue weighted by atomic mass is 16.5. The van der Waals surface area contributed by atoms with Gasteiger partial charge >= 0.3 is 6.03 Å². The third-order valence-electron chi connectivity index (χ3n) is 6.30. The van der Waals surface area contributed by atoms with Crippen molar-refractivity contribution in [2.24, 2.45) is 0 Å².